The Balaban J connectivity index is 2.94. The van der Waals surface area contributed by atoms with Crippen molar-refractivity contribution in [3.63, 3.8) is 0 Å². The lowest BCUT2D eigenvalue weighted by Gasteiger charge is -2.08. The Bertz CT molecular complexity index is 463. The van der Waals surface area contributed by atoms with Gasteiger partial charge in [0.15, 0.2) is 0 Å². The largest absolute Gasteiger partial charge is 0.384 e. The molecular formula is C12H13ClN2O2. The quantitative estimate of drug-likeness (QED) is 0.703. The number of carbonyl (C=O) groups excluding carboxylic acids is 1. The second-order valence-corrected chi connectivity index (χ2v) is 3.57. The van der Waals surface area contributed by atoms with Crippen molar-refractivity contribution in [1.29, 1.82) is 0 Å². The highest BCUT2D eigenvalue weighted by Crippen LogP contribution is 2.19. The summed E-state index contributed by atoms with van der Waals surface area (Å²) in [5.74, 6) is 5.24. The summed E-state index contributed by atoms with van der Waals surface area (Å²) in [5, 5.41) is 14.4. The van der Waals surface area contributed by atoms with Crippen LogP contribution in [0.15, 0.2) is 18.2 Å². The second-order valence-electron chi connectivity index (χ2n) is 3.13. The summed E-state index contributed by atoms with van der Waals surface area (Å²) in [7, 11) is 0. The first kappa shape index (κ1) is 13.4. The van der Waals surface area contributed by atoms with Crippen LogP contribution in [0.4, 0.5) is 10.5 Å². The molecule has 0 atom stereocenters. The summed E-state index contributed by atoms with van der Waals surface area (Å²) in [6, 6.07) is 4.65. The molecule has 1 aromatic rings. The average Bonchev–Trinajstić information content (AvgIpc) is 2.30. The number of anilines is 1. The first-order chi connectivity index (χ1) is 8.17. The van der Waals surface area contributed by atoms with Crippen LogP contribution in [0, 0.1) is 11.8 Å². The van der Waals surface area contributed by atoms with Crippen molar-refractivity contribution in [3.05, 3.63) is 28.8 Å². The highest BCUT2D eigenvalue weighted by Gasteiger charge is 2.04. The molecule has 0 aliphatic rings. The van der Waals surface area contributed by atoms with Crippen LogP contribution in [0.2, 0.25) is 5.02 Å². The molecule has 0 saturated heterocycles. The van der Waals surface area contributed by atoms with Crippen LogP contribution < -0.4 is 10.6 Å². The van der Waals surface area contributed by atoms with Gasteiger partial charge in [-0.15, -0.1) is 0 Å². The molecule has 0 saturated carbocycles. The van der Waals surface area contributed by atoms with E-state index in [4.69, 9.17) is 16.7 Å². The molecule has 0 heterocycles. The lowest BCUT2D eigenvalue weighted by molar-refractivity contribution is 0.252. The highest BCUT2D eigenvalue weighted by molar-refractivity contribution is 6.30. The lowest BCUT2D eigenvalue weighted by Crippen LogP contribution is -2.28. The topological polar surface area (TPSA) is 61.4 Å². The van der Waals surface area contributed by atoms with Gasteiger partial charge in [0.25, 0.3) is 0 Å². The van der Waals surface area contributed by atoms with Crippen molar-refractivity contribution in [2.75, 3.05) is 18.5 Å². The number of carbonyl (C=O) groups is 1. The van der Waals surface area contributed by atoms with E-state index < -0.39 is 0 Å². The van der Waals surface area contributed by atoms with Crippen LogP contribution in [0.3, 0.4) is 0 Å². The molecule has 17 heavy (non-hydrogen) atoms. The van der Waals surface area contributed by atoms with E-state index in [-0.39, 0.29) is 12.6 Å². The number of nitrogens with one attached hydrogen (secondary N) is 2. The maximum Gasteiger partial charge on any atom is 0.319 e. The minimum absolute atomic E-state index is 0.243. The zero-order valence-electron chi connectivity index (χ0n) is 9.38. The molecule has 1 rings (SSSR count). The fraction of sp³-hybridized carbons (Fsp3) is 0.250. The third-order valence-electron chi connectivity index (χ3n) is 1.87. The Kier molecular flexibility index (Phi) is 5.34. The van der Waals surface area contributed by atoms with Gasteiger partial charge in [-0.25, -0.2) is 4.79 Å². The molecule has 3 N–H and O–H groups in total. The van der Waals surface area contributed by atoms with Gasteiger partial charge in [0, 0.05) is 17.1 Å². The fourth-order valence-electron chi connectivity index (χ4n) is 1.19. The van der Waals surface area contributed by atoms with Gasteiger partial charge in [-0.05, 0) is 25.1 Å². The lowest BCUT2D eigenvalue weighted by atomic mass is 10.2. The fourth-order valence-corrected chi connectivity index (χ4v) is 1.36. The van der Waals surface area contributed by atoms with Gasteiger partial charge >= 0.3 is 6.03 Å². The van der Waals surface area contributed by atoms with Crippen molar-refractivity contribution in [2.45, 2.75) is 6.92 Å². The SMILES string of the molecule is CCNC(=O)Nc1ccc(Cl)cc1C#CCO. The van der Waals surface area contributed by atoms with E-state index in [9.17, 15) is 4.79 Å². The average molecular weight is 253 g/mol. The van der Waals surface area contributed by atoms with Gasteiger partial charge in [0.2, 0.25) is 0 Å². The molecule has 90 valence electrons. The van der Waals surface area contributed by atoms with E-state index in [0.29, 0.717) is 22.8 Å². The molecule has 0 unspecified atom stereocenters. The van der Waals surface area contributed by atoms with Gasteiger partial charge in [-0.2, -0.15) is 0 Å². The predicted octanol–water partition coefficient (Wildman–Crippen LogP) is 1.83. The van der Waals surface area contributed by atoms with E-state index in [1.54, 1.807) is 18.2 Å². The Morgan fingerprint density at radius 1 is 1.53 bits per heavy atom. The maximum absolute atomic E-state index is 11.4. The Hall–Kier alpha value is -1.70. The zero-order valence-corrected chi connectivity index (χ0v) is 10.1. The number of benzene rings is 1. The predicted molar refractivity (Wildman–Crippen MR) is 68.1 cm³/mol. The molecule has 5 heteroatoms. The Labute approximate surface area is 105 Å². The van der Waals surface area contributed by atoms with Gasteiger partial charge in [0.05, 0.1) is 5.69 Å². The summed E-state index contributed by atoms with van der Waals surface area (Å²) in [6.07, 6.45) is 0. The van der Waals surface area contributed by atoms with Gasteiger partial charge < -0.3 is 15.7 Å². The van der Waals surface area contributed by atoms with Crippen molar-refractivity contribution in [3.8, 4) is 11.8 Å². The molecule has 2 amide bonds. The third kappa shape index (κ3) is 4.35. The van der Waals surface area contributed by atoms with Crippen molar-refractivity contribution < 1.29 is 9.90 Å². The molecule has 1 aromatic carbocycles. The molecular weight excluding hydrogens is 240 g/mol. The summed E-state index contributed by atoms with van der Waals surface area (Å²) >= 11 is 5.83. The molecule has 0 aliphatic carbocycles. The van der Waals surface area contributed by atoms with Crippen LogP contribution in [-0.4, -0.2) is 24.3 Å². The summed E-state index contributed by atoms with van der Waals surface area (Å²) in [6.45, 7) is 2.12. The van der Waals surface area contributed by atoms with Crippen LogP contribution in [0.25, 0.3) is 0 Å². The van der Waals surface area contributed by atoms with Gasteiger partial charge in [0.1, 0.15) is 6.61 Å². The minimum atomic E-state index is -0.304. The molecule has 0 spiro atoms. The van der Waals surface area contributed by atoms with Crippen molar-refractivity contribution in [1.82, 2.24) is 5.32 Å². The van der Waals surface area contributed by atoms with Crippen LogP contribution >= 0.6 is 11.6 Å². The number of halogens is 1. The van der Waals surface area contributed by atoms with Crippen LogP contribution in [-0.2, 0) is 0 Å². The maximum atomic E-state index is 11.4. The number of amides is 2. The first-order valence-electron chi connectivity index (χ1n) is 5.11. The number of hydrogen-bond donors (Lipinski definition) is 3. The van der Waals surface area contributed by atoms with Crippen molar-refractivity contribution in [2.24, 2.45) is 0 Å². The molecule has 0 fully saturated rings. The first-order valence-corrected chi connectivity index (χ1v) is 5.49. The summed E-state index contributed by atoms with van der Waals surface area (Å²) < 4.78 is 0. The minimum Gasteiger partial charge on any atom is -0.384 e. The zero-order chi connectivity index (χ0) is 12.7. The second kappa shape index (κ2) is 6.79. The van der Waals surface area contributed by atoms with E-state index in [1.165, 1.54) is 0 Å². The summed E-state index contributed by atoms with van der Waals surface area (Å²) in [4.78, 5) is 11.4. The van der Waals surface area contributed by atoms with E-state index in [0.717, 1.165) is 0 Å². The summed E-state index contributed by atoms with van der Waals surface area (Å²) in [5.41, 5.74) is 1.12. The Morgan fingerprint density at radius 2 is 2.29 bits per heavy atom. The molecule has 4 nitrogen and oxygen atoms in total. The van der Waals surface area contributed by atoms with E-state index >= 15 is 0 Å². The number of urea groups is 1. The highest BCUT2D eigenvalue weighted by atomic mass is 35.5. The molecule has 0 aliphatic heterocycles. The molecule has 0 bridgehead atoms. The van der Waals surface area contributed by atoms with Gasteiger partial charge in [-0.1, -0.05) is 23.4 Å². The van der Waals surface area contributed by atoms with E-state index in [2.05, 4.69) is 22.5 Å². The van der Waals surface area contributed by atoms with Crippen molar-refractivity contribution >= 4 is 23.3 Å². The monoisotopic (exact) mass is 252 g/mol. The third-order valence-corrected chi connectivity index (χ3v) is 2.10. The van der Waals surface area contributed by atoms with E-state index in [1.807, 2.05) is 6.92 Å². The smallest absolute Gasteiger partial charge is 0.319 e. The number of aliphatic hydroxyl groups is 1. The normalized spacial score (nSPS) is 9.12. The standard InChI is InChI=1S/C12H13ClN2O2/c1-2-14-12(17)15-11-6-5-10(13)8-9(11)4-3-7-16/h5-6,8,16H,2,7H2,1H3,(H2,14,15,17). The van der Waals surface area contributed by atoms with Gasteiger partial charge in [-0.3, -0.25) is 0 Å². The van der Waals surface area contributed by atoms with Crippen LogP contribution in [0.5, 0.6) is 0 Å². The number of rotatable bonds is 2. The number of hydrogen-bond acceptors (Lipinski definition) is 2. The number of aliphatic hydroxyl groups excluding tert-OH is 1. The molecule has 0 aromatic heterocycles. The van der Waals surface area contributed by atoms with Crippen LogP contribution in [0.1, 0.15) is 12.5 Å². The molecule has 0 radical (unpaired) electrons. The Morgan fingerprint density at radius 3 is 2.94 bits per heavy atom.